The summed E-state index contributed by atoms with van der Waals surface area (Å²) in [7, 11) is 0. The minimum Gasteiger partial charge on any atom is -0.370 e. The summed E-state index contributed by atoms with van der Waals surface area (Å²) in [6, 6.07) is 12.1. The van der Waals surface area contributed by atoms with Crippen LogP contribution in [0.4, 0.5) is 11.8 Å². The molecule has 0 fully saturated rings. The van der Waals surface area contributed by atoms with Gasteiger partial charge in [0, 0.05) is 19.3 Å². The van der Waals surface area contributed by atoms with Crippen LogP contribution in [0, 0.1) is 0 Å². The number of nitrogens with zero attached hydrogens (tertiary/aromatic N) is 2. The number of unbranched alkanes of at least 4 members (excludes halogenated alkanes) is 1. The van der Waals surface area contributed by atoms with Crippen LogP contribution in [0.1, 0.15) is 25.3 Å². The van der Waals surface area contributed by atoms with Gasteiger partial charge in [-0.25, -0.2) is 4.98 Å². The lowest BCUT2D eigenvalue weighted by molar-refractivity contribution is 0.830. The van der Waals surface area contributed by atoms with Crippen LogP contribution in [-0.2, 0) is 6.54 Å². The first kappa shape index (κ1) is 13.3. The minimum absolute atomic E-state index is 0.658. The Labute approximate surface area is 114 Å². The smallest absolute Gasteiger partial charge is 0.224 e. The standard InChI is InChI=1S/C15H20N4/c1-2-3-10-16-14-9-11-17-15(19-14)18-12-13-7-5-4-6-8-13/h4-9,11H,2-3,10,12H2,1H3,(H2,16,17,18,19). The molecule has 2 rings (SSSR count). The van der Waals surface area contributed by atoms with E-state index in [1.165, 1.54) is 12.0 Å². The SMILES string of the molecule is CCCCNc1ccnc(NCc2ccccc2)n1. The summed E-state index contributed by atoms with van der Waals surface area (Å²) >= 11 is 0. The lowest BCUT2D eigenvalue weighted by atomic mass is 10.2. The van der Waals surface area contributed by atoms with E-state index in [0.717, 1.165) is 25.3 Å². The fraction of sp³-hybridized carbons (Fsp3) is 0.333. The van der Waals surface area contributed by atoms with Crippen LogP contribution in [-0.4, -0.2) is 16.5 Å². The molecule has 0 bridgehead atoms. The normalized spacial score (nSPS) is 10.2. The topological polar surface area (TPSA) is 49.8 Å². The van der Waals surface area contributed by atoms with Crippen LogP contribution in [0.3, 0.4) is 0 Å². The van der Waals surface area contributed by atoms with E-state index < -0.39 is 0 Å². The number of hydrogen-bond acceptors (Lipinski definition) is 4. The molecule has 2 aromatic rings. The molecule has 2 N–H and O–H groups in total. The average molecular weight is 256 g/mol. The van der Waals surface area contributed by atoms with Gasteiger partial charge in [-0.2, -0.15) is 4.98 Å². The maximum absolute atomic E-state index is 4.43. The van der Waals surface area contributed by atoms with E-state index in [9.17, 15) is 0 Å². The lowest BCUT2D eigenvalue weighted by Crippen LogP contribution is -2.07. The van der Waals surface area contributed by atoms with Crippen LogP contribution in [0.2, 0.25) is 0 Å². The van der Waals surface area contributed by atoms with E-state index in [4.69, 9.17) is 0 Å². The van der Waals surface area contributed by atoms with E-state index in [-0.39, 0.29) is 0 Å². The van der Waals surface area contributed by atoms with Gasteiger partial charge in [0.1, 0.15) is 5.82 Å². The van der Waals surface area contributed by atoms with Gasteiger partial charge in [-0.05, 0) is 18.1 Å². The summed E-state index contributed by atoms with van der Waals surface area (Å²) in [5.41, 5.74) is 1.22. The molecule has 0 unspecified atom stereocenters. The quantitative estimate of drug-likeness (QED) is 0.746. The van der Waals surface area contributed by atoms with Crippen molar-refractivity contribution in [3.05, 3.63) is 48.2 Å². The number of nitrogens with one attached hydrogen (secondary N) is 2. The Morgan fingerprint density at radius 1 is 1.05 bits per heavy atom. The Morgan fingerprint density at radius 3 is 2.68 bits per heavy atom. The van der Waals surface area contributed by atoms with Crippen LogP contribution >= 0.6 is 0 Å². The van der Waals surface area contributed by atoms with Gasteiger partial charge in [-0.1, -0.05) is 43.7 Å². The molecule has 0 spiro atoms. The maximum atomic E-state index is 4.43. The highest BCUT2D eigenvalue weighted by atomic mass is 15.1. The summed E-state index contributed by atoms with van der Waals surface area (Å²) in [4.78, 5) is 8.65. The molecule has 0 atom stereocenters. The number of aromatic nitrogens is 2. The zero-order valence-electron chi connectivity index (χ0n) is 11.3. The van der Waals surface area contributed by atoms with Crippen molar-refractivity contribution in [2.75, 3.05) is 17.2 Å². The molecular formula is C15H20N4. The van der Waals surface area contributed by atoms with E-state index >= 15 is 0 Å². The van der Waals surface area contributed by atoms with Gasteiger partial charge in [0.2, 0.25) is 5.95 Å². The molecule has 100 valence electrons. The number of benzene rings is 1. The predicted octanol–water partition coefficient (Wildman–Crippen LogP) is 3.30. The molecule has 4 heteroatoms. The zero-order chi connectivity index (χ0) is 13.3. The van der Waals surface area contributed by atoms with Gasteiger partial charge < -0.3 is 10.6 Å². The summed E-state index contributed by atoms with van der Waals surface area (Å²) in [6.07, 6.45) is 4.10. The number of hydrogen-bond donors (Lipinski definition) is 2. The molecule has 0 aliphatic heterocycles. The number of rotatable bonds is 7. The third-order valence-corrected chi connectivity index (χ3v) is 2.79. The Hall–Kier alpha value is -2.10. The summed E-state index contributed by atoms with van der Waals surface area (Å²) in [6.45, 7) is 3.86. The lowest BCUT2D eigenvalue weighted by Gasteiger charge is -2.08. The molecule has 0 aliphatic rings. The van der Waals surface area contributed by atoms with Crippen molar-refractivity contribution in [2.45, 2.75) is 26.3 Å². The second-order valence-corrected chi connectivity index (χ2v) is 4.38. The molecule has 0 saturated heterocycles. The summed E-state index contributed by atoms with van der Waals surface area (Å²) in [5, 5.41) is 6.52. The van der Waals surface area contributed by atoms with Gasteiger partial charge in [0.25, 0.3) is 0 Å². The second-order valence-electron chi connectivity index (χ2n) is 4.38. The van der Waals surface area contributed by atoms with Gasteiger partial charge in [-0.15, -0.1) is 0 Å². The summed E-state index contributed by atoms with van der Waals surface area (Å²) < 4.78 is 0. The van der Waals surface area contributed by atoms with Crippen molar-refractivity contribution in [3.8, 4) is 0 Å². The van der Waals surface area contributed by atoms with Crippen molar-refractivity contribution >= 4 is 11.8 Å². The van der Waals surface area contributed by atoms with Gasteiger partial charge >= 0.3 is 0 Å². The van der Waals surface area contributed by atoms with E-state index in [2.05, 4.69) is 39.7 Å². The predicted molar refractivity (Wildman–Crippen MR) is 79.2 cm³/mol. The first-order valence-corrected chi connectivity index (χ1v) is 6.73. The monoisotopic (exact) mass is 256 g/mol. The second kappa shape index (κ2) is 7.36. The fourth-order valence-electron chi connectivity index (χ4n) is 1.71. The molecular weight excluding hydrogens is 236 g/mol. The van der Waals surface area contributed by atoms with E-state index in [1.54, 1.807) is 6.20 Å². The van der Waals surface area contributed by atoms with Crippen LogP contribution in [0.5, 0.6) is 0 Å². The Bertz CT molecular complexity index is 485. The summed E-state index contributed by atoms with van der Waals surface area (Å²) in [5.74, 6) is 1.53. The molecule has 4 nitrogen and oxygen atoms in total. The third-order valence-electron chi connectivity index (χ3n) is 2.79. The fourth-order valence-corrected chi connectivity index (χ4v) is 1.71. The van der Waals surface area contributed by atoms with Crippen LogP contribution in [0.25, 0.3) is 0 Å². The Balaban J connectivity index is 1.88. The molecule has 19 heavy (non-hydrogen) atoms. The molecule has 1 heterocycles. The third kappa shape index (κ3) is 4.58. The van der Waals surface area contributed by atoms with Crippen molar-refractivity contribution in [1.29, 1.82) is 0 Å². The molecule has 1 aromatic heterocycles. The molecule has 0 saturated carbocycles. The van der Waals surface area contributed by atoms with Gasteiger partial charge in [-0.3, -0.25) is 0 Å². The van der Waals surface area contributed by atoms with Crippen molar-refractivity contribution in [3.63, 3.8) is 0 Å². The van der Waals surface area contributed by atoms with E-state index in [1.807, 2.05) is 24.3 Å². The van der Waals surface area contributed by atoms with Crippen molar-refractivity contribution in [1.82, 2.24) is 9.97 Å². The molecule has 0 aliphatic carbocycles. The zero-order valence-corrected chi connectivity index (χ0v) is 11.3. The minimum atomic E-state index is 0.658. The van der Waals surface area contributed by atoms with Gasteiger partial charge in [0.05, 0.1) is 0 Å². The van der Waals surface area contributed by atoms with Crippen molar-refractivity contribution in [2.24, 2.45) is 0 Å². The van der Waals surface area contributed by atoms with E-state index in [0.29, 0.717) is 5.95 Å². The largest absolute Gasteiger partial charge is 0.370 e. The first-order chi connectivity index (χ1) is 9.38. The molecule has 0 amide bonds. The maximum Gasteiger partial charge on any atom is 0.224 e. The highest BCUT2D eigenvalue weighted by Crippen LogP contribution is 2.07. The Kier molecular flexibility index (Phi) is 5.17. The Morgan fingerprint density at radius 2 is 1.89 bits per heavy atom. The molecule has 1 aromatic carbocycles. The highest BCUT2D eigenvalue weighted by molar-refractivity contribution is 5.39. The average Bonchev–Trinajstić information content (AvgIpc) is 2.47. The van der Waals surface area contributed by atoms with Crippen LogP contribution < -0.4 is 10.6 Å². The van der Waals surface area contributed by atoms with Gasteiger partial charge in [0.15, 0.2) is 0 Å². The molecule has 0 radical (unpaired) electrons. The highest BCUT2D eigenvalue weighted by Gasteiger charge is 1.98. The van der Waals surface area contributed by atoms with Crippen molar-refractivity contribution < 1.29 is 0 Å². The number of anilines is 2. The first-order valence-electron chi connectivity index (χ1n) is 6.73. The van der Waals surface area contributed by atoms with Crippen LogP contribution in [0.15, 0.2) is 42.6 Å².